The highest BCUT2D eigenvalue weighted by Crippen LogP contribution is 2.53. The number of methoxy groups -OCH3 is 2. The number of likely N-dealkylation sites (N-methyl/N-ethyl adjacent to an activating group) is 1. The van der Waals surface area contributed by atoms with Gasteiger partial charge < -0.3 is 89.1 Å². The second-order valence-corrected chi connectivity index (χ2v) is 28.2. The highest BCUT2D eigenvalue weighted by molar-refractivity contribution is 8.00. The minimum Gasteiger partial charge on any atom is -0.507 e. The molecule has 0 spiro atoms. The van der Waals surface area contributed by atoms with E-state index in [9.17, 15) is 73.5 Å². The Morgan fingerprint density at radius 3 is 2.34 bits per heavy atom. The number of phenols is 2. The van der Waals surface area contributed by atoms with Crippen LogP contribution >= 0.6 is 11.8 Å². The first-order valence-corrected chi connectivity index (χ1v) is 36.8. The molecule has 582 valence electrons. The lowest BCUT2D eigenvalue weighted by atomic mass is 9.71. The number of imide groups is 1. The Hall–Kier alpha value is -10.8. The molecule has 2 aliphatic carbocycles. The number of H-pyrrole nitrogens is 1. The Labute approximate surface area is 633 Å². The number of ether oxygens (including phenoxy) is 6. The van der Waals surface area contributed by atoms with E-state index in [4.69, 9.17) is 32.8 Å². The Morgan fingerprint density at radius 1 is 0.818 bits per heavy atom. The number of carbonyl (C=O) groups excluding carboxylic acids is 10. The third-order valence-electron chi connectivity index (χ3n) is 19.9. The van der Waals surface area contributed by atoms with E-state index in [0.717, 1.165) is 16.7 Å². The molecule has 1 unspecified atom stereocenters. The first kappa shape index (κ1) is 78.8. The summed E-state index contributed by atoms with van der Waals surface area (Å²) in [6.45, 7) is 2.07. The molecular formula is C75H84N12O22S. The lowest BCUT2D eigenvalue weighted by Gasteiger charge is -2.43. The van der Waals surface area contributed by atoms with Crippen LogP contribution in [0.2, 0.25) is 0 Å². The summed E-state index contributed by atoms with van der Waals surface area (Å²) in [6.07, 6.45) is -2.55. The maximum Gasteiger partial charge on any atom is 0.295 e. The van der Waals surface area contributed by atoms with E-state index in [1.54, 1.807) is 73.6 Å². The van der Waals surface area contributed by atoms with Crippen molar-refractivity contribution in [2.24, 2.45) is 5.10 Å². The number of hydrogen-bond acceptors (Lipinski definition) is 27. The van der Waals surface area contributed by atoms with Gasteiger partial charge in [-0.05, 0) is 62.9 Å². The fourth-order valence-corrected chi connectivity index (χ4v) is 15.3. The van der Waals surface area contributed by atoms with Gasteiger partial charge in [0, 0.05) is 124 Å². The number of benzene rings is 4. The number of hydrogen-bond donors (Lipinski definition) is 10. The largest absolute Gasteiger partial charge is 0.507 e. The van der Waals surface area contributed by atoms with Gasteiger partial charge in [-0.15, -0.1) is 16.9 Å². The van der Waals surface area contributed by atoms with E-state index in [1.165, 1.54) is 48.2 Å². The van der Waals surface area contributed by atoms with Gasteiger partial charge in [-0.25, -0.2) is 10.1 Å². The number of aromatic nitrogens is 4. The summed E-state index contributed by atoms with van der Waals surface area (Å²) < 4.78 is 42.3. The van der Waals surface area contributed by atoms with E-state index in [0.29, 0.717) is 45.0 Å². The number of carbonyl (C=O) groups is 10. The van der Waals surface area contributed by atoms with Crippen LogP contribution in [0, 0.1) is 0 Å². The molecule has 35 heteroatoms. The van der Waals surface area contributed by atoms with E-state index in [-0.39, 0.29) is 162 Å². The number of piperazine rings is 1. The predicted molar refractivity (Wildman–Crippen MR) is 390 cm³/mol. The molecule has 3 aromatic heterocycles. The number of likely N-dealkylation sites (tertiary alicyclic amines) is 1. The molecule has 3 saturated heterocycles. The van der Waals surface area contributed by atoms with Crippen molar-refractivity contribution in [1.82, 2.24) is 56.1 Å². The summed E-state index contributed by atoms with van der Waals surface area (Å²) in [5, 5.41) is 78.4. The second kappa shape index (κ2) is 34.9. The monoisotopic (exact) mass is 1540 g/mol. The van der Waals surface area contributed by atoms with Crippen LogP contribution < -0.4 is 30.8 Å². The number of aromatic hydroxyl groups is 2. The van der Waals surface area contributed by atoms with Gasteiger partial charge in [0.25, 0.3) is 17.6 Å². The third kappa shape index (κ3) is 17.0. The zero-order valence-corrected chi connectivity index (χ0v) is 61.4. The number of amides is 7. The van der Waals surface area contributed by atoms with Crippen LogP contribution in [0.25, 0.3) is 22.2 Å². The molecule has 0 radical (unpaired) electrons. The van der Waals surface area contributed by atoms with Gasteiger partial charge in [0.15, 0.2) is 12.1 Å². The van der Waals surface area contributed by atoms with Gasteiger partial charge in [0.1, 0.15) is 52.4 Å². The van der Waals surface area contributed by atoms with Crippen molar-refractivity contribution in [1.29, 1.82) is 0 Å². The average Bonchev–Trinajstić information content (AvgIpc) is 0.876. The Bertz CT molecular complexity index is 4710. The number of aliphatic hydroxyl groups is 3. The predicted octanol–water partition coefficient (Wildman–Crippen LogP) is 2.37. The SMILES string of the molecule is CN[C@H]1C[C@H](O[C@H]2C[C@](O)(/C(CO)=N\NC(=O)CCCN3C(=O)CC(SCCC(=O)NCCOCc4cn(CCOCC(=O)NCc5ccc(-c6ccc(OC)c7c(C(=O)C(=O)N8CCN(C(=O)c9ccccc9)CC8)c[nH]c67)o5)nn4)C3=O)Cc3c(O)c4c(c(O)c32)C(=O)c2c(OC)cccc2C4=O)O[C@@H](C)[C@H]1O. The quantitative estimate of drug-likeness (QED) is 0.00550. The maximum absolute atomic E-state index is 14.2. The number of ketones is 3. The van der Waals surface area contributed by atoms with Gasteiger partial charge in [0.05, 0.1) is 122 Å². The van der Waals surface area contributed by atoms with Gasteiger partial charge in [0.2, 0.25) is 35.3 Å². The number of aliphatic hydroxyl groups excluding tert-OH is 2. The van der Waals surface area contributed by atoms with Crippen LogP contribution in [0.5, 0.6) is 23.0 Å². The van der Waals surface area contributed by atoms with Gasteiger partial charge in [-0.1, -0.05) is 35.5 Å². The summed E-state index contributed by atoms with van der Waals surface area (Å²) in [5.41, 5.74) is 0.198. The molecule has 5 aliphatic rings. The molecule has 7 atom stereocenters. The molecule has 10 N–H and O–H groups in total. The summed E-state index contributed by atoms with van der Waals surface area (Å²) >= 11 is 1.15. The van der Waals surface area contributed by atoms with E-state index in [1.807, 2.05) is 6.07 Å². The number of nitrogens with zero attached hydrogens (tertiary/aromatic N) is 7. The fourth-order valence-electron chi connectivity index (χ4n) is 14.2. The molecule has 6 heterocycles. The average molecular weight is 1540 g/mol. The summed E-state index contributed by atoms with van der Waals surface area (Å²) in [5.74, 6) is -5.56. The molecule has 0 saturated carbocycles. The van der Waals surface area contributed by atoms with E-state index < -0.39 is 136 Å². The van der Waals surface area contributed by atoms with Crippen molar-refractivity contribution < 1.29 is 106 Å². The summed E-state index contributed by atoms with van der Waals surface area (Å²) in [7, 11) is 4.40. The maximum atomic E-state index is 14.2. The normalized spacial score (nSPS) is 20.5. The van der Waals surface area contributed by atoms with Gasteiger partial charge in [-0.2, -0.15) is 5.10 Å². The first-order valence-electron chi connectivity index (χ1n) is 35.7. The number of aromatic amines is 1. The Kier molecular flexibility index (Phi) is 25.0. The van der Waals surface area contributed by atoms with E-state index in [2.05, 4.69) is 41.8 Å². The number of hydrazone groups is 1. The molecule has 12 rings (SSSR count). The number of nitrogens with one attached hydrogen (secondary N) is 5. The zero-order valence-electron chi connectivity index (χ0n) is 60.6. The zero-order chi connectivity index (χ0) is 78.1. The first-order chi connectivity index (χ1) is 53.0. The molecule has 3 fully saturated rings. The van der Waals surface area contributed by atoms with E-state index >= 15 is 0 Å². The smallest absolute Gasteiger partial charge is 0.295 e. The minimum absolute atomic E-state index is 0.0000272. The number of furan rings is 1. The molecule has 3 aliphatic heterocycles. The molecule has 110 heavy (non-hydrogen) atoms. The van der Waals surface area contributed by atoms with Crippen LogP contribution in [-0.4, -0.2) is 253 Å². The van der Waals surface area contributed by atoms with Gasteiger partial charge >= 0.3 is 0 Å². The molecule has 7 aromatic rings. The summed E-state index contributed by atoms with van der Waals surface area (Å²) in [4.78, 5) is 141. The summed E-state index contributed by atoms with van der Waals surface area (Å²) in [6, 6.07) is 19.5. The van der Waals surface area contributed by atoms with Crippen LogP contribution in [0.4, 0.5) is 0 Å². The molecule has 7 amide bonds. The fraction of sp³-hybridized carbons (Fsp3) is 0.427. The van der Waals surface area contributed by atoms with Crippen LogP contribution in [0.15, 0.2) is 94.7 Å². The standard InChI is InChI=1S/C75H84N12O22S/c1-40-66(93)48(76-2)30-59(107-40)109-52-33-75(102,32-46-62(52)71(98)64-63(68(46)95)67(94)45-12-8-13-50(103-3)61(45)70(64)97)54(37-88)81-82-56(90)14-9-21-87-58(92)31-53(73(87)100)110-29-19-55(89)77-20-27-105-38-42-36-86(83-80-42)26-28-106-39-57(91)78-34-43-15-17-49(108-43)44-16-18-51(104-4)60-47(35-79-65(44)60)69(96)74(101)85-24-22-84(23-25-85)72(99)41-10-6-5-7-11-41/h5-8,10-13,15-18,35-36,40,48,52-53,59,66,76,79,88,93,95,98,102H,9,14,19-34,37-39H2,1-4H3,(H,77,89)(H,78,91)(H,82,90)/b81-54-/t40-,48-,52-,53?,59-,66+,75-/m0/s1. The van der Waals surface area contributed by atoms with Crippen molar-refractivity contribution in [2.45, 2.75) is 113 Å². The molecular weight excluding hydrogens is 1450 g/mol. The second-order valence-electron chi connectivity index (χ2n) is 26.9. The highest BCUT2D eigenvalue weighted by Gasteiger charge is 2.50. The number of rotatable bonds is 32. The lowest BCUT2D eigenvalue weighted by Crippen LogP contribution is -2.54. The van der Waals surface area contributed by atoms with Crippen LogP contribution in [0.1, 0.15) is 127 Å². The van der Waals surface area contributed by atoms with Crippen molar-refractivity contribution in [3.8, 4) is 34.3 Å². The highest BCUT2D eigenvalue weighted by atomic mass is 32.2. The van der Waals surface area contributed by atoms with Crippen molar-refractivity contribution in [3.63, 3.8) is 0 Å². The number of thioether (sulfide) groups is 1. The Morgan fingerprint density at radius 2 is 1.58 bits per heavy atom. The molecule has 34 nitrogen and oxygen atoms in total. The van der Waals surface area contributed by atoms with Crippen LogP contribution in [0.3, 0.4) is 0 Å². The number of Topliss-reactive ketones (excluding diaryl/α,β-unsaturated/α-hetero) is 1. The molecule has 4 aromatic carbocycles. The van der Waals surface area contributed by atoms with Crippen molar-refractivity contribution in [2.75, 3.05) is 92.7 Å². The van der Waals surface area contributed by atoms with Crippen molar-refractivity contribution in [3.05, 3.63) is 141 Å². The molecule has 0 bridgehead atoms. The number of fused-ring (bicyclic) bond motifs is 4. The van der Waals surface area contributed by atoms with Crippen LogP contribution in [-0.2, 0) is 73.8 Å². The Balaban J connectivity index is 0.531. The minimum atomic E-state index is -2.26. The third-order valence-corrected chi connectivity index (χ3v) is 21.1. The van der Waals surface area contributed by atoms with Crippen molar-refractivity contribution >= 4 is 87.1 Å². The topological polar surface area (TPSA) is 457 Å². The lowest BCUT2D eigenvalue weighted by molar-refractivity contribution is -0.248. The number of phenolic OH excluding ortho intramolecular Hbond substituents is 2. The van der Waals surface area contributed by atoms with Gasteiger partial charge in [-0.3, -0.25) is 52.8 Å².